The molecule has 0 aliphatic carbocycles. The quantitative estimate of drug-likeness (QED) is 0.224. The molecule has 0 N–H and O–H groups in total. The molecule has 0 bridgehead atoms. The Morgan fingerprint density at radius 3 is 1.64 bits per heavy atom. The molecule has 0 unspecified atom stereocenters. The summed E-state index contributed by atoms with van der Waals surface area (Å²) in [5.41, 5.74) is 9.52. The number of hydrogen-bond acceptors (Lipinski definition) is 2. The van der Waals surface area contributed by atoms with E-state index in [-0.39, 0.29) is 0 Å². The van der Waals surface area contributed by atoms with E-state index >= 15 is 0 Å². The number of anilines is 3. The van der Waals surface area contributed by atoms with Crippen LogP contribution in [0.1, 0.15) is 0 Å². The first kappa shape index (κ1) is 23.3. The number of para-hydroxylation sites is 2. The van der Waals surface area contributed by atoms with Crippen molar-refractivity contribution in [1.29, 1.82) is 0 Å². The summed E-state index contributed by atoms with van der Waals surface area (Å²) in [6.45, 7) is 0. The van der Waals surface area contributed by atoms with Gasteiger partial charge in [0.1, 0.15) is 11.2 Å². The van der Waals surface area contributed by atoms with E-state index in [2.05, 4.69) is 132 Å². The maximum atomic E-state index is 6.27. The van der Waals surface area contributed by atoms with Crippen LogP contribution in [0.3, 0.4) is 0 Å². The highest BCUT2D eigenvalue weighted by Gasteiger charge is 2.21. The molecule has 3 heteroatoms. The van der Waals surface area contributed by atoms with Crippen molar-refractivity contribution in [3.8, 4) is 22.3 Å². The van der Waals surface area contributed by atoms with Crippen LogP contribution in [-0.4, -0.2) is 0 Å². The van der Waals surface area contributed by atoms with Gasteiger partial charge >= 0.3 is 0 Å². The van der Waals surface area contributed by atoms with Gasteiger partial charge in [0.05, 0.1) is 11.4 Å². The molecular formula is C36H24ClNO. The van der Waals surface area contributed by atoms with E-state index in [1.165, 1.54) is 11.1 Å². The van der Waals surface area contributed by atoms with Gasteiger partial charge in [-0.1, -0.05) is 109 Å². The van der Waals surface area contributed by atoms with Crippen LogP contribution in [0.2, 0.25) is 5.02 Å². The second-order valence-electron chi connectivity index (χ2n) is 9.52. The maximum absolute atomic E-state index is 6.27. The standard InChI is InChI=1S/C36H24ClNO/c37-27-19-21-31-32-24-28(20-22-35(32)39-36(31)23-27)38(33-17-9-7-15-29(33)25-11-3-1-4-12-25)34-18-10-8-16-30(34)26-13-5-2-6-14-26/h1-24H. The number of furan rings is 1. The van der Waals surface area contributed by atoms with E-state index in [0.29, 0.717) is 5.02 Å². The Balaban J connectivity index is 1.52. The highest BCUT2D eigenvalue weighted by atomic mass is 35.5. The van der Waals surface area contributed by atoms with Crippen molar-refractivity contribution in [3.63, 3.8) is 0 Å². The zero-order valence-electron chi connectivity index (χ0n) is 21.1. The van der Waals surface area contributed by atoms with E-state index in [1.807, 2.05) is 18.2 Å². The topological polar surface area (TPSA) is 16.4 Å². The number of rotatable bonds is 5. The van der Waals surface area contributed by atoms with Crippen molar-refractivity contribution in [2.75, 3.05) is 4.90 Å². The SMILES string of the molecule is Clc1ccc2c(c1)oc1ccc(N(c3ccccc3-c3ccccc3)c3ccccc3-c3ccccc3)cc12. The van der Waals surface area contributed by atoms with E-state index in [1.54, 1.807) is 0 Å². The second-order valence-corrected chi connectivity index (χ2v) is 9.96. The van der Waals surface area contributed by atoms with Gasteiger partial charge in [0, 0.05) is 38.7 Å². The Morgan fingerprint density at radius 2 is 1.03 bits per heavy atom. The summed E-state index contributed by atoms with van der Waals surface area (Å²) in [7, 11) is 0. The fourth-order valence-corrected chi connectivity index (χ4v) is 5.51. The number of nitrogens with zero attached hydrogens (tertiary/aromatic N) is 1. The minimum Gasteiger partial charge on any atom is -0.456 e. The van der Waals surface area contributed by atoms with Gasteiger partial charge in [-0.15, -0.1) is 0 Å². The molecule has 1 heterocycles. The average Bonchev–Trinajstić information content (AvgIpc) is 3.35. The van der Waals surface area contributed by atoms with Crippen molar-refractivity contribution < 1.29 is 4.42 Å². The normalized spacial score (nSPS) is 11.2. The van der Waals surface area contributed by atoms with E-state index < -0.39 is 0 Å². The third-order valence-corrected chi connectivity index (χ3v) is 7.37. The maximum Gasteiger partial charge on any atom is 0.136 e. The Hall–Kier alpha value is -4.79. The smallest absolute Gasteiger partial charge is 0.136 e. The van der Waals surface area contributed by atoms with Crippen molar-refractivity contribution in [1.82, 2.24) is 0 Å². The second kappa shape index (κ2) is 9.83. The number of fused-ring (bicyclic) bond motifs is 3. The first-order valence-electron chi connectivity index (χ1n) is 13.0. The molecule has 0 amide bonds. The summed E-state index contributed by atoms with van der Waals surface area (Å²) in [4.78, 5) is 2.36. The van der Waals surface area contributed by atoms with Gasteiger partial charge in [-0.05, 0) is 53.6 Å². The predicted molar refractivity (Wildman–Crippen MR) is 164 cm³/mol. The molecule has 0 radical (unpaired) electrons. The van der Waals surface area contributed by atoms with Crippen molar-refractivity contribution >= 4 is 50.6 Å². The van der Waals surface area contributed by atoms with Crippen molar-refractivity contribution in [3.05, 3.63) is 151 Å². The predicted octanol–water partition coefficient (Wildman–Crippen LogP) is 11.0. The van der Waals surface area contributed by atoms with Gasteiger partial charge in [0.2, 0.25) is 0 Å². The molecule has 0 aliphatic heterocycles. The lowest BCUT2D eigenvalue weighted by Crippen LogP contribution is -2.12. The highest BCUT2D eigenvalue weighted by molar-refractivity contribution is 6.31. The Labute approximate surface area is 232 Å². The first-order valence-corrected chi connectivity index (χ1v) is 13.3. The summed E-state index contributed by atoms with van der Waals surface area (Å²) < 4.78 is 6.16. The molecule has 7 rings (SSSR count). The monoisotopic (exact) mass is 521 g/mol. The van der Waals surface area contributed by atoms with E-state index in [4.69, 9.17) is 16.0 Å². The van der Waals surface area contributed by atoms with Gasteiger partial charge < -0.3 is 9.32 Å². The van der Waals surface area contributed by atoms with Gasteiger partial charge in [-0.25, -0.2) is 0 Å². The lowest BCUT2D eigenvalue weighted by atomic mass is 9.98. The lowest BCUT2D eigenvalue weighted by Gasteiger charge is -2.30. The summed E-state index contributed by atoms with van der Waals surface area (Å²) in [6.07, 6.45) is 0. The largest absolute Gasteiger partial charge is 0.456 e. The molecule has 0 saturated heterocycles. The third kappa shape index (κ3) is 4.25. The molecule has 0 saturated carbocycles. The molecule has 1 aromatic heterocycles. The molecule has 39 heavy (non-hydrogen) atoms. The zero-order chi connectivity index (χ0) is 26.2. The van der Waals surface area contributed by atoms with Crippen LogP contribution in [0.5, 0.6) is 0 Å². The Kier molecular flexibility index (Phi) is 5.88. The minimum atomic E-state index is 0.664. The van der Waals surface area contributed by atoms with Gasteiger partial charge in [-0.3, -0.25) is 0 Å². The number of halogens is 1. The summed E-state index contributed by atoms with van der Waals surface area (Å²) in [5, 5.41) is 2.76. The van der Waals surface area contributed by atoms with E-state index in [9.17, 15) is 0 Å². The van der Waals surface area contributed by atoms with Gasteiger partial charge in [-0.2, -0.15) is 0 Å². The molecular weight excluding hydrogens is 498 g/mol. The molecule has 186 valence electrons. The van der Waals surface area contributed by atoms with Crippen LogP contribution in [0.15, 0.2) is 150 Å². The molecule has 0 aliphatic rings. The van der Waals surface area contributed by atoms with Crippen molar-refractivity contribution in [2.24, 2.45) is 0 Å². The molecule has 2 nitrogen and oxygen atoms in total. The molecule has 0 spiro atoms. The summed E-state index contributed by atoms with van der Waals surface area (Å²) >= 11 is 6.27. The van der Waals surface area contributed by atoms with Crippen molar-refractivity contribution in [2.45, 2.75) is 0 Å². The third-order valence-electron chi connectivity index (χ3n) is 7.13. The summed E-state index contributed by atoms with van der Waals surface area (Å²) in [5.74, 6) is 0. The number of hydrogen-bond donors (Lipinski definition) is 0. The fourth-order valence-electron chi connectivity index (χ4n) is 5.35. The van der Waals surface area contributed by atoms with Crippen LogP contribution in [0.4, 0.5) is 17.1 Å². The van der Waals surface area contributed by atoms with Crippen LogP contribution < -0.4 is 4.90 Å². The van der Waals surface area contributed by atoms with E-state index in [0.717, 1.165) is 50.1 Å². The fraction of sp³-hybridized carbons (Fsp3) is 0. The zero-order valence-corrected chi connectivity index (χ0v) is 21.8. The van der Waals surface area contributed by atoms with Crippen LogP contribution in [-0.2, 0) is 0 Å². The average molecular weight is 522 g/mol. The highest BCUT2D eigenvalue weighted by Crippen LogP contribution is 2.45. The Bertz CT molecular complexity index is 1840. The lowest BCUT2D eigenvalue weighted by molar-refractivity contribution is 0.669. The summed E-state index contributed by atoms with van der Waals surface area (Å²) in [6, 6.07) is 50.5. The van der Waals surface area contributed by atoms with Crippen LogP contribution >= 0.6 is 11.6 Å². The van der Waals surface area contributed by atoms with Gasteiger partial charge in [0.25, 0.3) is 0 Å². The van der Waals surface area contributed by atoms with Crippen LogP contribution in [0, 0.1) is 0 Å². The first-order chi connectivity index (χ1) is 19.3. The Morgan fingerprint density at radius 1 is 0.462 bits per heavy atom. The molecule has 6 aromatic carbocycles. The molecule has 0 atom stereocenters. The van der Waals surface area contributed by atoms with Gasteiger partial charge in [0.15, 0.2) is 0 Å². The molecule has 0 fully saturated rings. The number of benzene rings is 6. The minimum absolute atomic E-state index is 0.664. The van der Waals surface area contributed by atoms with Crippen LogP contribution in [0.25, 0.3) is 44.2 Å². The molecule has 7 aromatic rings.